The summed E-state index contributed by atoms with van der Waals surface area (Å²) in [5, 5.41) is 5.98. The van der Waals surface area contributed by atoms with Gasteiger partial charge in [-0.3, -0.25) is 14.5 Å². The monoisotopic (exact) mass is 516 g/mol. The molecule has 2 heterocycles. The second-order valence-corrected chi connectivity index (χ2v) is 10.4. The quantitative estimate of drug-likeness (QED) is 0.451. The normalized spacial score (nSPS) is 18.0. The van der Waals surface area contributed by atoms with Crippen molar-refractivity contribution in [2.24, 2.45) is 11.8 Å². The molecule has 2 N–H and O–H groups in total. The molecule has 0 radical (unpaired) electrons. The van der Waals surface area contributed by atoms with Gasteiger partial charge in [0.05, 0.1) is 23.9 Å². The number of urea groups is 1. The topological polar surface area (TPSA) is 91.0 Å². The van der Waals surface area contributed by atoms with E-state index in [1.165, 1.54) is 4.90 Å². The summed E-state index contributed by atoms with van der Waals surface area (Å²) >= 11 is 0. The molecule has 200 valence electrons. The Balaban J connectivity index is 1.69. The van der Waals surface area contributed by atoms with Gasteiger partial charge in [-0.15, -0.1) is 6.58 Å². The molecule has 8 heteroatoms. The van der Waals surface area contributed by atoms with Gasteiger partial charge in [0.2, 0.25) is 5.91 Å². The Morgan fingerprint density at radius 2 is 1.82 bits per heavy atom. The fraction of sp³-hybridized carbons (Fsp3) is 0.367. The molecule has 4 rings (SSSR count). The third kappa shape index (κ3) is 5.59. The zero-order valence-electron chi connectivity index (χ0n) is 22.4. The van der Waals surface area contributed by atoms with Crippen LogP contribution >= 0.6 is 0 Å². The summed E-state index contributed by atoms with van der Waals surface area (Å²) in [7, 11) is 0. The van der Waals surface area contributed by atoms with Crippen LogP contribution in [0.3, 0.4) is 0 Å². The number of carbonyl (C=O) groups is 3. The van der Waals surface area contributed by atoms with Gasteiger partial charge in [-0.05, 0) is 41.7 Å². The lowest BCUT2D eigenvalue weighted by atomic mass is 9.95. The minimum atomic E-state index is -0.679. The molecular weight excluding hydrogens is 480 g/mol. The molecule has 2 aromatic rings. The summed E-state index contributed by atoms with van der Waals surface area (Å²) in [5.41, 5.74) is 1.78. The summed E-state index contributed by atoms with van der Waals surface area (Å²) in [6.07, 6.45) is 1.63. The molecular formula is C30H36N4O4. The Labute approximate surface area is 224 Å². The predicted molar refractivity (Wildman–Crippen MR) is 146 cm³/mol. The lowest BCUT2D eigenvalue weighted by Crippen LogP contribution is -2.52. The van der Waals surface area contributed by atoms with E-state index >= 15 is 0 Å². The molecule has 0 bridgehead atoms. The lowest BCUT2D eigenvalue weighted by Gasteiger charge is -2.33. The van der Waals surface area contributed by atoms with Crippen molar-refractivity contribution in [2.45, 2.75) is 39.8 Å². The first kappa shape index (κ1) is 27.0. The molecule has 0 saturated carbocycles. The number of amides is 4. The lowest BCUT2D eigenvalue weighted by molar-refractivity contribution is -0.138. The molecule has 8 nitrogen and oxygen atoms in total. The highest BCUT2D eigenvalue weighted by Crippen LogP contribution is 2.39. The number of ether oxygens (including phenoxy) is 1. The molecule has 2 atom stereocenters. The highest BCUT2D eigenvalue weighted by Gasteiger charge is 2.47. The van der Waals surface area contributed by atoms with E-state index in [-0.39, 0.29) is 42.8 Å². The second kappa shape index (κ2) is 11.5. The predicted octanol–water partition coefficient (Wildman–Crippen LogP) is 4.62. The number of hydrogen-bond donors (Lipinski definition) is 2. The molecule has 2 aliphatic rings. The zero-order chi connectivity index (χ0) is 27.4. The Kier molecular flexibility index (Phi) is 8.20. The van der Waals surface area contributed by atoms with Crippen molar-refractivity contribution < 1.29 is 19.1 Å². The van der Waals surface area contributed by atoms with Crippen molar-refractivity contribution in [3.8, 4) is 11.5 Å². The molecule has 38 heavy (non-hydrogen) atoms. The molecule has 0 spiro atoms. The second-order valence-electron chi connectivity index (χ2n) is 10.4. The minimum Gasteiger partial charge on any atom is -0.457 e. The van der Waals surface area contributed by atoms with Gasteiger partial charge in [-0.25, -0.2) is 4.79 Å². The van der Waals surface area contributed by atoms with Crippen LogP contribution < -0.4 is 15.4 Å². The van der Waals surface area contributed by atoms with Crippen molar-refractivity contribution in [2.75, 3.05) is 19.6 Å². The van der Waals surface area contributed by atoms with E-state index in [9.17, 15) is 14.4 Å². The number of nitrogens with one attached hydrogen (secondary N) is 2. The Morgan fingerprint density at radius 3 is 2.47 bits per heavy atom. The van der Waals surface area contributed by atoms with E-state index in [1.807, 2.05) is 82.3 Å². The first-order chi connectivity index (χ1) is 18.2. The largest absolute Gasteiger partial charge is 0.457 e. The Morgan fingerprint density at radius 1 is 1.11 bits per heavy atom. The van der Waals surface area contributed by atoms with Gasteiger partial charge in [-0.1, -0.05) is 64.1 Å². The van der Waals surface area contributed by atoms with Crippen LogP contribution in [-0.2, 0) is 9.59 Å². The number of benzene rings is 2. The number of para-hydroxylation sites is 1. The molecule has 0 fully saturated rings. The van der Waals surface area contributed by atoms with Crippen LogP contribution in [0, 0.1) is 11.8 Å². The van der Waals surface area contributed by atoms with Crippen LogP contribution in [0.15, 0.2) is 78.5 Å². The fourth-order valence-corrected chi connectivity index (χ4v) is 4.91. The third-order valence-electron chi connectivity index (χ3n) is 6.65. The molecule has 0 aliphatic carbocycles. The van der Waals surface area contributed by atoms with Gasteiger partial charge in [0.25, 0.3) is 5.91 Å². The number of hydrogen-bond acceptors (Lipinski definition) is 4. The number of nitrogens with zero attached hydrogens (tertiary/aromatic N) is 2. The van der Waals surface area contributed by atoms with E-state index in [0.29, 0.717) is 29.3 Å². The maximum atomic E-state index is 14.0. The van der Waals surface area contributed by atoms with Crippen molar-refractivity contribution in [3.05, 3.63) is 84.1 Å². The van der Waals surface area contributed by atoms with Crippen molar-refractivity contribution in [3.63, 3.8) is 0 Å². The summed E-state index contributed by atoms with van der Waals surface area (Å²) < 4.78 is 6.00. The molecule has 4 amide bonds. The van der Waals surface area contributed by atoms with Crippen molar-refractivity contribution >= 4 is 17.8 Å². The summed E-state index contributed by atoms with van der Waals surface area (Å²) in [6.45, 7) is 12.6. The summed E-state index contributed by atoms with van der Waals surface area (Å²) in [6, 6.07) is 15.1. The molecule has 0 unspecified atom stereocenters. The van der Waals surface area contributed by atoms with Crippen LogP contribution in [0.5, 0.6) is 11.5 Å². The first-order valence-electron chi connectivity index (χ1n) is 13.0. The van der Waals surface area contributed by atoms with E-state index in [0.717, 1.165) is 5.56 Å². The minimum absolute atomic E-state index is 0.120. The van der Waals surface area contributed by atoms with E-state index in [2.05, 4.69) is 17.2 Å². The SMILES string of the molecule is C=CCN1C(=O)N[C@H](c2cccc(Oc3ccccc3)c2)C2=C1CN([C@H](C(=O)NCC(C)C)C(C)C)C2=O. The molecule has 2 aromatic carbocycles. The van der Waals surface area contributed by atoms with Crippen LogP contribution in [0.25, 0.3) is 0 Å². The van der Waals surface area contributed by atoms with Crippen molar-refractivity contribution in [1.82, 2.24) is 20.4 Å². The van der Waals surface area contributed by atoms with E-state index in [4.69, 9.17) is 4.74 Å². The van der Waals surface area contributed by atoms with E-state index < -0.39 is 12.1 Å². The first-order valence-corrected chi connectivity index (χ1v) is 13.0. The van der Waals surface area contributed by atoms with Crippen molar-refractivity contribution in [1.29, 1.82) is 0 Å². The van der Waals surface area contributed by atoms with Gasteiger partial charge in [-0.2, -0.15) is 0 Å². The summed E-state index contributed by atoms with van der Waals surface area (Å²) in [4.78, 5) is 43.5. The van der Waals surface area contributed by atoms with Gasteiger partial charge >= 0.3 is 6.03 Å². The van der Waals surface area contributed by atoms with Gasteiger partial charge in [0.15, 0.2) is 0 Å². The standard InChI is InChI=1S/C30H36N4O4/c1-6-15-33-24-18-34(27(20(4)5)28(35)31-17-19(2)3)29(36)25(24)26(32-30(33)37)21-11-10-14-23(16-21)38-22-12-8-7-9-13-22/h6-14,16,19-20,26-27H,1,15,17-18H2,2-5H3,(H,31,35)(H,32,37)/t26-,27+/m1/s1. The maximum Gasteiger partial charge on any atom is 0.322 e. The maximum absolute atomic E-state index is 14.0. The average Bonchev–Trinajstić information content (AvgIpc) is 3.21. The molecule has 0 saturated heterocycles. The Hall–Kier alpha value is -4.07. The fourth-order valence-electron chi connectivity index (χ4n) is 4.91. The molecule has 2 aliphatic heterocycles. The van der Waals surface area contributed by atoms with Crippen LogP contribution in [0.1, 0.15) is 39.3 Å². The third-order valence-corrected chi connectivity index (χ3v) is 6.65. The number of carbonyl (C=O) groups excluding carboxylic acids is 3. The van der Waals surface area contributed by atoms with Crippen LogP contribution in [0.2, 0.25) is 0 Å². The van der Waals surface area contributed by atoms with Gasteiger partial charge < -0.3 is 20.3 Å². The van der Waals surface area contributed by atoms with Crippen LogP contribution in [0.4, 0.5) is 4.79 Å². The summed E-state index contributed by atoms with van der Waals surface area (Å²) in [5.74, 6) is 0.994. The smallest absolute Gasteiger partial charge is 0.322 e. The molecule has 0 aromatic heterocycles. The highest BCUT2D eigenvalue weighted by molar-refractivity contribution is 6.03. The Bertz CT molecular complexity index is 1240. The number of rotatable bonds is 10. The highest BCUT2D eigenvalue weighted by atomic mass is 16.5. The van der Waals surface area contributed by atoms with Gasteiger partial charge in [0.1, 0.15) is 17.5 Å². The zero-order valence-corrected chi connectivity index (χ0v) is 22.4. The van der Waals surface area contributed by atoms with E-state index in [1.54, 1.807) is 11.0 Å². The van der Waals surface area contributed by atoms with Gasteiger partial charge in [0, 0.05) is 13.1 Å². The average molecular weight is 517 g/mol. The van der Waals surface area contributed by atoms with Crippen LogP contribution in [-0.4, -0.2) is 53.3 Å².